The molecule has 20 heavy (non-hydrogen) atoms. The minimum atomic E-state index is 0.0223. The van der Waals surface area contributed by atoms with Crippen molar-refractivity contribution in [1.82, 2.24) is 0 Å². The monoisotopic (exact) mass is 264 g/mol. The van der Waals surface area contributed by atoms with Crippen LogP contribution in [-0.2, 0) is 6.42 Å². The molecule has 2 nitrogen and oxygen atoms in total. The molecular formula is C18H16O2. The lowest BCUT2D eigenvalue weighted by Gasteiger charge is -2.02. The van der Waals surface area contributed by atoms with E-state index in [0.29, 0.717) is 12.0 Å². The predicted molar refractivity (Wildman–Crippen MR) is 80.0 cm³/mol. The highest BCUT2D eigenvalue weighted by Crippen LogP contribution is 2.33. The Labute approximate surface area is 118 Å². The number of phenols is 1. The Morgan fingerprint density at radius 3 is 2.60 bits per heavy atom. The molecule has 0 heterocycles. The summed E-state index contributed by atoms with van der Waals surface area (Å²) in [5, 5.41) is 9.83. The van der Waals surface area contributed by atoms with Crippen LogP contribution < -0.4 is 0 Å². The second kappa shape index (κ2) is 4.64. The van der Waals surface area contributed by atoms with E-state index in [1.807, 2.05) is 12.1 Å². The molecule has 0 saturated carbocycles. The molecule has 0 aliphatic heterocycles. The first kappa shape index (κ1) is 12.7. The molecular weight excluding hydrogens is 248 g/mol. The molecule has 0 amide bonds. The third-order valence-corrected chi connectivity index (χ3v) is 3.93. The number of Topliss-reactive ketones (excluding diaryl/α,β-unsaturated/α-hetero) is 1. The van der Waals surface area contributed by atoms with Crippen LogP contribution in [0.25, 0.3) is 6.08 Å². The Bertz CT molecular complexity index is 739. The van der Waals surface area contributed by atoms with Crippen molar-refractivity contribution in [2.24, 2.45) is 0 Å². The van der Waals surface area contributed by atoms with Crippen molar-refractivity contribution >= 4 is 11.9 Å². The molecule has 1 N–H and O–H groups in total. The summed E-state index contributed by atoms with van der Waals surface area (Å²) in [6, 6.07) is 11.3. The van der Waals surface area contributed by atoms with Gasteiger partial charge in [0, 0.05) is 23.1 Å². The smallest absolute Gasteiger partial charge is 0.189 e. The number of phenolic OH excluding ortho intramolecular Hbond substituents is 1. The number of allylic oxidation sites excluding steroid dienone is 1. The van der Waals surface area contributed by atoms with E-state index in [2.05, 4.69) is 26.0 Å². The van der Waals surface area contributed by atoms with E-state index in [-0.39, 0.29) is 11.5 Å². The number of hydrogen-bond donors (Lipinski definition) is 1. The lowest BCUT2D eigenvalue weighted by atomic mass is 10.0. The highest BCUT2D eigenvalue weighted by atomic mass is 16.3. The first-order valence-electron chi connectivity index (χ1n) is 6.69. The summed E-state index contributed by atoms with van der Waals surface area (Å²) in [6.07, 6.45) is 2.43. The minimum absolute atomic E-state index is 0.0223. The lowest BCUT2D eigenvalue weighted by molar-refractivity contribution is 0.104. The summed E-state index contributed by atoms with van der Waals surface area (Å²) in [5.74, 6) is 0.230. The van der Waals surface area contributed by atoms with Crippen molar-refractivity contribution < 1.29 is 9.90 Å². The summed E-state index contributed by atoms with van der Waals surface area (Å²) in [5.41, 5.74) is 5.59. The normalized spacial score (nSPS) is 15.7. The molecule has 0 aromatic heterocycles. The maximum atomic E-state index is 12.3. The average Bonchev–Trinajstić information content (AvgIpc) is 2.73. The molecule has 1 aliphatic carbocycles. The van der Waals surface area contributed by atoms with Gasteiger partial charge in [0.2, 0.25) is 0 Å². The van der Waals surface area contributed by atoms with Gasteiger partial charge in [-0.2, -0.15) is 0 Å². The molecule has 0 bridgehead atoms. The van der Waals surface area contributed by atoms with Gasteiger partial charge in [0.1, 0.15) is 5.75 Å². The number of benzene rings is 2. The first-order chi connectivity index (χ1) is 9.56. The molecule has 0 fully saturated rings. The Balaban J connectivity index is 2.01. The van der Waals surface area contributed by atoms with Gasteiger partial charge < -0.3 is 5.11 Å². The highest BCUT2D eigenvalue weighted by molar-refractivity contribution is 6.16. The van der Waals surface area contributed by atoms with E-state index in [0.717, 1.165) is 16.7 Å². The zero-order valence-electron chi connectivity index (χ0n) is 11.6. The van der Waals surface area contributed by atoms with Crippen LogP contribution in [0.4, 0.5) is 0 Å². The maximum absolute atomic E-state index is 12.3. The molecule has 1 aliphatic rings. The zero-order chi connectivity index (χ0) is 14.3. The number of hydrogen-bond acceptors (Lipinski definition) is 2. The van der Waals surface area contributed by atoms with Crippen LogP contribution in [0.1, 0.15) is 32.6 Å². The van der Waals surface area contributed by atoms with E-state index < -0.39 is 0 Å². The molecule has 0 atom stereocenters. The van der Waals surface area contributed by atoms with Crippen molar-refractivity contribution in [3.05, 3.63) is 69.8 Å². The van der Waals surface area contributed by atoms with Gasteiger partial charge in [-0.15, -0.1) is 0 Å². The standard InChI is InChI=1S/C18H16O2/c1-11-6-7-13(8-12(11)2)9-14-10-16-15(18(14)20)4-3-5-17(16)19/h3-9,19H,10H2,1-2H3/b14-9+. The highest BCUT2D eigenvalue weighted by Gasteiger charge is 2.26. The topological polar surface area (TPSA) is 37.3 Å². The summed E-state index contributed by atoms with van der Waals surface area (Å²) in [4.78, 5) is 12.3. The van der Waals surface area contributed by atoms with Crippen molar-refractivity contribution in [2.45, 2.75) is 20.3 Å². The van der Waals surface area contributed by atoms with Crippen LogP contribution in [0.2, 0.25) is 0 Å². The van der Waals surface area contributed by atoms with Crippen molar-refractivity contribution in [3.63, 3.8) is 0 Å². The average molecular weight is 264 g/mol. The molecule has 2 heteroatoms. The Kier molecular flexibility index (Phi) is 2.94. The van der Waals surface area contributed by atoms with E-state index in [1.165, 1.54) is 11.1 Å². The molecule has 2 aromatic carbocycles. The van der Waals surface area contributed by atoms with Crippen LogP contribution in [0.5, 0.6) is 5.75 Å². The molecule has 100 valence electrons. The number of carbonyl (C=O) groups excluding carboxylic acids is 1. The second-order valence-electron chi connectivity index (χ2n) is 5.32. The Morgan fingerprint density at radius 1 is 1.10 bits per heavy atom. The van der Waals surface area contributed by atoms with Gasteiger partial charge in [-0.05, 0) is 42.7 Å². The molecule has 0 spiro atoms. The van der Waals surface area contributed by atoms with Crippen LogP contribution in [0.3, 0.4) is 0 Å². The SMILES string of the molecule is Cc1ccc(/C=C2\Cc3c(O)cccc3C2=O)cc1C. The zero-order valence-corrected chi connectivity index (χ0v) is 11.6. The second-order valence-corrected chi connectivity index (χ2v) is 5.32. The quantitative estimate of drug-likeness (QED) is 0.795. The summed E-state index contributed by atoms with van der Waals surface area (Å²) >= 11 is 0. The number of aromatic hydroxyl groups is 1. The van der Waals surface area contributed by atoms with Gasteiger partial charge in [0.25, 0.3) is 0 Å². The van der Waals surface area contributed by atoms with E-state index in [9.17, 15) is 9.90 Å². The molecule has 2 aromatic rings. The third kappa shape index (κ3) is 2.03. The fraction of sp³-hybridized carbons (Fsp3) is 0.167. The molecule has 0 radical (unpaired) electrons. The number of aryl methyl sites for hydroxylation is 2. The Morgan fingerprint density at radius 2 is 1.90 bits per heavy atom. The first-order valence-corrected chi connectivity index (χ1v) is 6.69. The predicted octanol–water partition coefficient (Wildman–Crippen LogP) is 3.83. The minimum Gasteiger partial charge on any atom is -0.508 e. The van der Waals surface area contributed by atoms with Gasteiger partial charge in [-0.25, -0.2) is 0 Å². The number of rotatable bonds is 1. The molecule has 0 saturated heterocycles. The summed E-state index contributed by atoms with van der Waals surface area (Å²) in [7, 11) is 0. The maximum Gasteiger partial charge on any atom is 0.189 e. The van der Waals surface area contributed by atoms with Crippen LogP contribution in [-0.4, -0.2) is 10.9 Å². The van der Waals surface area contributed by atoms with E-state index in [4.69, 9.17) is 0 Å². The van der Waals surface area contributed by atoms with Gasteiger partial charge in [-0.1, -0.05) is 30.3 Å². The lowest BCUT2D eigenvalue weighted by Crippen LogP contribution is -1.95. The van der Waals surface area contributed by atoms with Gasteiger partial charge >= 0.3 is 0 Å². The van der Waals surface area contributed by atoms with Gasteiger partial charge in [0.05, 0.1) is 0 Å². The van der Waals surface area contributed by atoms with E-state index in [1.54, 1.807) is 18.2 Å². The fourth-order valence-electron chi connectivity index (χ4n) is 2.59. The fourth-order valence-corrected chi connectivity index (χ4v) is 2.59. The van der Waals surface area contributed by atoms with Gasteiger partial charge in [0.15, 0.2) is 5.78 Å². The van der Waals surface area contributed by atoms with Crippen molar-refractivity contribution in [2.75, 3.05) is 0 Å². The van der Waals surface area contributed by atoms with E-state index >= 15 is 0 Å². The third-order valence-electron chi connectivity index (χ3n) is 3.93. The summed E-state index contributed by atoms with van der Waals surface area (Å²) in [6.45, 7) is 4.13. The summed E-state index contributed by atoms with van der Waals surface area (Å²) < 4.78 is 0. The number of carbonyl (C=O) groups is 1. The largest absolute Gasteiger partial charge is 0.508 e. The molecule has 3 rings (SSSR count). The number of fused-ring (bicyclic) bond motifs is 1. The number of ketones is 1. The Hall–Kier alpha value is -2.35. The van der Waals surface area contributed by atoms with Crippen molar-refractivity contribution in [3.8, 4) is 5.75 Å². The van der Waals surface area contributed by atoms with Crippen LogP contribution in [0.15, 0.2) is 42.0 Å². The van der Waals surface area contributed by atoms with Crippen LogP contribution >= 0.6 is 0 Å². The van der Waals surface area contributed by atoms with Crippen molar-refractivity contribution in [1.29, 1.82) is 0 Å². The van der Waals surface area contributed by atoms with Gasteiger partial charge in [-0.3, -0.25) is 4.79 Å². The van der Waals surface area contributed by atoms with Crippen LogP contribution in [0, 0.1) is 13.8 Å². The molecule has 0 unspecified atom stereocenters.